The van der Waals surface area contributed by atoms with Crippen LogP contribution in [0.2, 0.25) is 0 Å². The maximum Gasteiger partial charge on any atom is 0.270 e. The number of azo groups is 1. The molecule has 5 rings (SSSR count). The summed E-state index contributed by atoms with van der Waals surface area (Å²) in [5.41, 5.74) is 3.94. The first-order valence-electron chi connectivity index (χ1n) is 11.5. The van der Waals surface area contributed by atoms with Gasteiger partial charge in [0, 0.05) is 37.6 Å². The lowest BCUT2D eigenvalue weighted by Gasteiger charge is -2.27. The van der Waals surface area contributed by atoms with E-state index in [1.54, 1.807) is 6.20 Å². The van der Waals surface area contributed by atoms with Gasteiger partial charge in [-0.15, -0.1) is 5.11 Å². The predicted molar refractivity (Wildman–Crippen MR) is 129 cm³/mol. The first-order valence-corrected chi connectivity index (χ1v) is 11.5. The standard InChI is InChI=1S/C24H27FN8O/c25-22-17-27-24(30-23(22)33-11-13-34-14-12-33)31-28-16-19-3-4-20(15-26-19)29-18-5-7-21(8-6-18)32-9-1-2-10-32/h3-8,15,17,29H,1-2,9-14,16H2. The van der Waals surface area contributed by atoms with E-state index >= 15 is 0 Å². The van der Waals surface area contributed by atoms with Crippen LogP contribution in [-0.4, -0.2) is 54.3 Å². The average Bonchev–Trinajstić information content (AvgIpc) is 3.42. The van der Waals surface area contributed by atoms with Crippen molar-refractivity contribution in [2.75, 3.05) is 54.5 Å². The lowest BCUT2D eigenvalue weighted by atomic mass is 10.2. The number of aromatic nitrogens is 3. The van der Waals surface area contributed by atoms with Gasteiger partial charge in [0.1, 0.15) is 6.54 Å². The van der Waals surface area contributed by atoms with Gasteiger partial charge < -0.3 is 19.9 Å². The van der Waals surface area contributed by atoms with Gasteiger partial charge in [0.2, 0.25) is 0 Å². The summed E-state index contributed by atoms with van der Waals surface area (Å²) >= 11 is 0. The summed E-state index contributed by atoms with van der Waals surface area (Å²) in [6.45, 7) is 4.80. The largest absolute Gasteiger partial charge is 0.378 e. The molecule has 1 aromatic carbocycles. The van der Waals surface area contributed by atoms with Crippen LogP contribution in [0.1, 0.15) is 18.5 Å². The Morgan fingerprint density at radius 3 is 2.38 bits per heavy atom. The molecule has 0 aliphatic carbocycles. The van der Waals surface area contributed by atoms with Gasteiger partial charge in [-0.1, -0.05) is 0 Å². The molecule has 176 valence electrons. The summed E-state index contributed by atoms with van der Waals surface area (Å²) in [6, 6.07) is 12.3. The fourth-order valence-electron chi connectivity index (χ4n) is 4.05. The average molecular weight is 463 g/mol. The van der Waals surface area contributed by atoms with Crippen LogP contribution in [0.3, 0.4) is 0 Å². The Balaban J connectivity index is 1.16. The first-order chi connectivity index (χ1) is 16.7. The number of nitrogens with one attached hydrogen (secondary N) is 1. The maximum atomic E-state index is 14.1. The van der Waals surface area contributed by atoms with E-state index in [9.17, 15) is 4.39 Å². The third kappa shape index (κ3) is 5.45. The second-order valence-electron chi connectivity index (χ2n) is 8.24. The highest BCUT2D eigenvalue weighted by Gasteiger charge is 2.17. The molecular formula is C24H27FN8O. The molecule has 0 radical (unpaired) electrons. The van der Waals surface area contributed by atoms with E-state index in [1.165, 1.54) is 18.5 Å². The Bertz CT molecular complexity index is 1110. The van der Waals surface area contributed by atoms with Gasteiger partial charge in [-0.2, -0.15) is 10.1 Å². The Morgan fingerprint density at radius 1 is 0.882 bits per heavy atom. The maximum absolute atomic E-state index is 14.1. The quantitative estimate of drug-likeness (QED) is 0.518. The zero-order valence-electron chi connectivity index (χ0n) is 18.9. The minimum absolute atomic E-state index is 0.124. The van der Waals surface area contributed by atoms with E-state index < -0.39 is 5.82 Å². The summed E-state index contributed by atoms with van der Waals surface area (Å²) in [7, 11) is 0. The van der Waals surface area contributed by atoms with Crippen molar-refractivity contribution in [3.63, 3.8) is 0 Å². The van der Waals surface area contributed by atoms with E-state index in [2.05, 4.69) is 59.7 Å². The second-order valence-corrected chi connectivity index (χ2v) is 8.24. The molecule has 2 aromatic heterocycles. The fraction of sp³-hybridized carbons (Fsp3) is 0.375. The summed E-state index contributed by atoms with van der Waals surface area (Å²) < 4.78 is 19.4. The van der Waals surface area contributed by atoms with E-state index in [0.29, 0.717) is 26.3 Å². The number of rotatable bonds is 7. The van der Waals surface area contributed by atoms with Crippen molar-refractivity contribution in [1.29, 1.82) is 0 Å². The predicted octanol–water partition coefficient (Wildman–Crippen LogP) is 4.48. The number of morpholine rings is 1. The van der Waals surface area contributed by atoms with E-state index in [4.69, 9.17) is 4.74 Å². The highest BCUT2D eigenvalue weighted by molar-refractivity contribution is 5.62. The normalized spacial score (nSPS) is 16.4. The molecule has 0 unspecified atom stereocenters. The van der Waals surface area contributed by atoms with E-state index in [0.717, 1.165) is 36.4 Å². The van der Waals surface area contributed by atoms with Crippen LogP contribution in [0.15, 0.2) is 59.0 Å². The van der Waals surface area contributed by atoms with Gasteiger partial charge >= 0.3 is 0 Å². The van der Waals surface area contributed by atoms with Crippen molar-refractivity contribution in [2.24, 2.45) is 10.2 Å². The molecule has 1 N–H and O–H groups in total. The van der Waals surface area contributed by atoms with Crippen LogP contribution < -0.4 is 15.1 Å². The molecule has 2 fully saturated rings. The summed E-state index contributed by atoms with van der Waals surface area (Å²) in [5.74, 6) is -0.121. The molecule has 34 heavy (non-hydrogen) atoms. The van der Waals surface area contributed by atoms with Crippen molar-refractivity contribution in [1.82, 2.24) is 15.0 Å². The van der Waals surface area contributed by atoms with Gasteiger partial charge in [0.15, 0.2) is 11.6 Å². The van der Waals surface area contributed by atoms with Crippen molar-refractivity contribution in [3.8, 4) is 0 Å². The fourth-order valence-corrected chi connectivity index (χ4v) is 4.05. The Hall–Kier alpha value is -3.66. The molecule has 0 bridgehead atoms. The minimum atomic E-state index is -0.476. The number of benzene rings is 1. The Labute approximate surface area is 197 Å². The highest BCUT2D eigenvalue weighted by Crippen LogP contribution is 2.24. The molecule has 0 spiro atoms. The summed E-state index contributed by atoms with van der Waals surface area (Å²) in [6.07, 6.45) is 5.43. The zero-order valence-corrected chi connectivity index (χ0v) is 18.9. The molecule has 2 aliphatic heterocycles. The number of hydrogen-bond donors (Lipinski definition) is 1. The molecule has 0 saturated carbocycles. The Kier molecular flexibility index (Phi) is 6.85. The summed E-state index contributed by atoms with van der Waals surface area (Å²) in [4.78, 5) is 16.8. The van der Waals surface area contributed by atoms with Crippen LogP contribution in [0, 0.1) is 5.82 Å². The molecule has 0 atom stereocenters. The third-order valence-corrected chi connectivity index (χ3v) is 5.87. The third-order valence-electron chi connectivity index (χ3n) is 5.87. The lowest BCUT2D eigenvalue weighted by molar-refractivity contribution is 0.122. The van der Waals surface area contributed by atoms with Gasteiger partial charge in [0.05, 0.1) is 37.0 Å². The zero-order chi connectivity index (χ0) is 23.2. The van der Waals surface area contributed by atoms with E-state index in [1.807, 2.05) is 17.0 Å². The highest BCUT2D eigenvalue weighted by atomic mass is 19.1. The smallest absolute Gasteiger partial charge is 0.270 e. The first kappa shape index (κ1) is 22.1. The minimum Gasteiger partial charge on any atom is -0.378 e. The monoisotopic (exact) mass is 462 g/mol. The number of hydrogen-bond acceptors (Lipinski definition) is 9. The van der Waals surface area contributed by atoms with Crippen molar-refractivity contribution >= 4 is 28.8 Å². The van der Waals surface area contributed by atoms with E-state index in [-0.39, 0.29) is 18.3 Å². The van der Waals surface area contributed by atoms with Crippen molar-refractivity contribution in [2.45, 2.75) is 19.4 Å². The number of pyridine rings is 1. The van der Waals surface area contributed by atoms with Crippen LogP contribution in [-0.2, 0) is 11.3 Å². The van der Waals surface area contributed by atoms with Crippen LogP contribution in [0.4, 0.5) is 33.2 Å². The van der Waals surface area contributed by atoms with Crippen LogP contribution in [0.5, 0.6) is 0 Å². The summed E-state index contributed by atoms with van der Waals surface area (Å²) in [5, 5.41) is 11.6. The number of halogens is 1. The Morgan fingerprint density at radius 2 is 1.65 bits per heavy atom. The van der Waals surface area contributed by atoms with Crippen LogP contribution >= 0.6 is 0 Å². The van der Waals surface area contributed by atoms with Gasteiger partial charge in [0.25, 0.3) is 5.95 Å². The number of nitrogens with zero attached hydrogens (tertiary/aromatic N) is 7. The molecular weight excluding hydrogens is 435 g/mol. The molecule has 2 saturated heterocycles. The second kappa shape index (κ2) is 10.5. The molecule has 4 heterocycles. The molecule has 10 heteroatoms. The number of ether oxygens (including phenoxy) is 1. The number of anilines is 4. The van der Waals surface area contributed by atoms with Crippen molar-refractivity contribution < 1.29 is 9.13 Å². The molecule has 2 aliphatic rings. The van der Waals surface area contributed by atoms with Gasteiger partial charge in [-0.25, -0.2) is 9.37 Å². The van der Waals surface area contributed by atoms with Gasteiger partial charge in [-0.3, -0.25) is 4.98 Å². The van der Waals surface area contributed by atoms with Crippen LogP contribution in [0.25, 0.3) is 0 Å². The lowest BCUT2D eigenvalue weighted by Crippen LogP contribution is -2.37. The molecule has 3 aromatic rings. The molecule has 0 amide bonds. The molecule has 9 nitrogen and oxygen atoms in total. The SMILES string of the molecule is Fc1cnc(N=NCc2ccc(Nc3ccc(N4CCCC4)cc3)cn2)nc1N1CCOCC1. The van der Waals surface area contributed by atoms with Crippen molar-refractivity contribution in [3.05, 3.63) is 60.3 Å². The van der Waals surface area contributed by atoms with Gasteiger partial charge in [-0.05, 0) is 49.2 Å². The topological polar surface area (TPSA) is 91.1 Å².